The van der Waals surface area contributed by atoms with E-state index in [-0.39, 0.29) is 23.8 Å². The molecule has 3 aliphatic rings. The predicted octanol–water partition coefficient (Wildman–Crippen LogP) is 6.30. The molecule has 6 nitrogen and oxygen atoms in total. The third-order valence-corrected chi connectivity index (χ3v) is 7.97. The number of carbonyl (C=O) groups excluding carboxylic acids is 1. The maximum Gasteiger partial charge on any atom is 0.315 e. The molecular formula is C32H32FN5O. The highest BCUT2D eigenvalue weighted by molar-refractivity contribution is 5.74. The first-order valence-electron chi connectivity index (χ1n) is 13.5. The summed E-state index contributed by atoms with van der Waals surface area (Å²) < 4.78 is 13.5. The molecule has 1 unspecified atom stereocenters. The van der Waals surface area contributed by atoms with Crippen molar-refractivity contribution < 1.29 is 9.18 Å². The number of fused-ring (bicyclic) bond motifs is 1. The van der Waals surface area contributed by atoms with E-state index >= 15 is 0 Å². The van der Waals surface area contributed by atoms with Crippen LogP contribution in [0.2, 0.25) is 0 Å². The molecule has 3 N–H and O–H groups in total. The van der Waals surface area contributed by atoms with Crippen molar-refractivity contribution in [1.29, 1.82) is 0 Å². The van der Waals surface area contributed by atoms with E-state index in [0.717, 1.165) is 41.9 Å². The molecule has 3 atom stereocenters. The highest BCUT2D eigenvalue weighted by Crippen LogP contribution is 2.49. The van der Waals surface area contributed by atoms with Crippen LogP contribution in [0.3, 0.4) is 0 Å². The van der Waals surface area contributed by atoms with Gasteiger partial charge in [0.25, 0.3) is 0 Å². The fourth-order valence-corrected chi connectivity index (χ4v) is 6.09. The number of hydrogen-bond acceptors (Lipinski definition) is 4. The second-order valence-corrected chi connectivity index (χ2v) is 10.4. The topological polar surface area (TPSA) is 69.3 Å². The van der Waals surface area contributed by atoms with Gasteiger partial charge in [-0.2, -0.15) is 0 Å². The Balaban J connectivity index is 1.21. The number of amides is 2. The minimum Gasteiger partial charge on any atom is -0.332 e. The first-order valence-corrected chi connectivity index (χ1v) is 13.5. The summed E-state index contributed by atoms with van der Waals surface area (Å²) >= 11 is 0. The maximum absolute atomic E-state index is 13.5. The number of aromatic nitrogens is 1. The quantitative estimate of drug-likeness (QED) is 0.341. The van der Waals surface area contributed by atoms with Gasteiger partial charge >= 0.3 is 6.03 Å². The van der Waals surface area contributed by atoms with Crippen molar-refractivity contribution in [2.75, 3.05) is 5.01 Å². The molecule has 2 aromatic carbocycles. The molecule has 2 aliphatic carbocycles. The zero-order chi connectivity index (χ0) is 26.8. The van der Waals surface area contributed by atoms with E-state index in [1.807, 2.05) is 41.4 Å². The summed E-state index contributed by atoms with van der Waals surface area (Å²) in [6.07, 6.45) is 8.97. The van der Waals surface area contributed by atoms with Crippen molar-refractivity contribution >= 4 is 11.7 Å². The van der Waals surface area contributed by atoms with Crippen LogP contribution in [0.5, 0.6) is 0 Å². The normalized spacial score (nSPS) is 20.4. The number of allylic oxidation sites excluding steroid dienone is 4. The number of hydrogen-bond donors (Lipinski definition) is 3. The van der Waals surface area contributed by atoms with Gasteiger partial charge in [0.15, 0.2) is 0 Å². The van der Waals surface area contributed by atoms with E-state index in [9.17, 15) is 9.18 Å². The number of hydrazine groups is 1. The van der Waals surface area contributed by atoms with Crippen LogP contribution in [0.25, 0.3) is 0 Å². The highest BCUT2D eigenvalue weighted by atomic mass is 19.1. The summed E-state index contributed by atoms with van der Waals surface area (Å²) in [5.74, 6) is 0.363. The lowest BCUT2D eigenvalue weighted by atomic mass is 9.78. The largest absolute Gasteiger partial charge is 0.332 e. The second-order valence-electron chi connectivity index (χ2n) is 10.4. The number of halogens is 1. The monoisotopic (exact) mass is 521 g/mol. The Morgan fingerprint density at radius 1 is 1.10 bits per heavy atom. The maximum atomic E-state index is 13.5. The lowest BCUT2D eigenvalue weighted by Gasteiger charge is -2.31. The zero-order valence-corrected chi connectivity index (χ0v) is 21.9. The Morgan fingerprint density at radius 2 is 1.90 bits per heavy atom. The minimum absolute atomic E-state index is 0.115. The SMILES string of the molecule is C[C@H]1C2=CNN(c3ccc(F)cc3)C2=CC2=C1[C@@H](CC(NC(=O)NCc1ccccn1)c1ccccc1)CC2. The molecule has 3 aromatic rings. The van der Waals surface area contributed by atoms with Crippen LogP contribution < -0.4 is 21.1 Å². The number of carbonyl (C=O) groups is 1. The number of nitrogens with zero attached hydrogens (tertiary/aromatic N) is 2. The van der Waals surface area contributed by atoms with E-state index in [1.165, 1.54) is 28.9 Å². The van der Waals surface area contributed by atoms with Crippen LogP contribution in [0, 0.1) is 17.7 Å². The number of rotatable bonds is 7. The summed E-state index contributed by atoms with van der Waals surface area (Å²) in [5, 5.41) is 8.23. The fraction of sp³-hybridized carbons (Fsp3) is 0.250. The molecule has 0 spiro atoms. The molecule has 198 valence electrons. The molecule has 6 rings (SSSR count). The summed E-state index contributed by atoms with van der Waals surface area (Å²) in [6.45, 7) is 2.65. The average molecular weight is 522 g/mol. The summed E-state index contributed by atoms with van der Waals surface area (Å²) in [5.41, 5.74) is 11.4. The van der Waals surface area contributed by atoms with Gasteiger partial charge < -0.3 is 16.1 Å². The van der Waals surface area contributed by atoms with Crippen LogP contribution in [0.15, 0.2) is 114 Å². The van der Waals surface area contributed by atoms with Crippen LogP contribution in [-0.2, 0) is 6.54 Å². The lowest BCUT2D eigenvalue weighted by molar-refractivity contribution is 0.234. The number of pyridine rings is 1. The fourth-order valence-electron chi connectivity index (χ4n) is 6.09. The smallest absolute Gasteiger partial charge is 0.315 e. The third kappa shape index (κ3) is 5.17. The van der Waals surface area contributed by atoms with Gasteiger partial charge in [-0.15, -0.1) is 0 Å². The molecule has 0 saturated carbocycles. The number of urea groups is 1. The van der Waals surface area contributed by atoms with Crippen LogP contribution in [0.1, 0.15) is 43.5 Å². The minimum atomic E-state index is -0.243. The Morgan fingerprint density at radius 3 is 2.67 bits per heavy atom. The molecule has 0 fully saturated rings. The molecule has 2 amide bonds. The van der Waals surface area contributed by atoms with Crippen molar-refractivity contribution in [1.82, 2.24) is 21.0 Å². The molecular weight excluding hydrogens is 489 g/mol. The molecule has 0 bridgehead atoms. The van der Waals surface area contributed by atoms with E-state index in [2.05, 4.69) is 52.4 Å². The van der Waals surface area contributed by atoms with Crippen molar-refractivity contribution in [3.8, 4) is 0 Å². The first kappa shape index (κ1) is 24.9. The molecule has 1 aromatic heterocycles. The zero-order valence-electron chi connectivity index (χ0n) is 21.9. The van der Waals surface area contributed by atoms with Gasteiger partial charge in [-0.05, 0) is 78.8 Å². The number of nitrogens with one attached hydrogen (secondary N) is 3. The molecule has 2 heterocycles. The Labute approximate surface area is 228 Å². The van der Waals surface area contributed by atoms with Gasteiger partial charge in [0, 0.05) is 23.9 Å². The van der Waals surface area contributed by atoms with Gasteiger partial charge in [-0.1, -0.05) is 48.9 Å². The van der Waals surface area contributed by atoms with Crippen LogP contribution >= 0.6 is 0 Å². The van der Waals surface area contributed by atoms with Gasteiger partial charge in [0.2, 0.25) is 0 Å². The summed E-state index contributed by atoms with van der Waals surface area (Å²) in [6, 6.07) is 22.1. The van der Waals surface area contributed by atoms with Gasteiger partial charge in [0.05, 0.1) is 29.7 Å². The molecule has 7 heteroatoms. The second kappa shape index (κ2) is 10.8. The number of benzene rings is 2. The predicted molar refractivity (Wildman–Crippen MR) is 151 cm³/mol. The summed E-state index contributed by atoms with van der Waals surface area (Å²) in [7, 11) is 0. The van der Waals surface area contributed by atoms with E-state index in [4.69, 9.17) is 0 Å². The van der Waals surface area contributed by atoms with Crippen molar-refractivity contribution in [3.05, 3.63) is 131 Å². The van der Waals surface area contributed by atoms with E-state index in [0.29, 0.717) is 12.5 Å². The van der Waals surface area contributed by atoms with Gasteiger partial charge in [0.1, 0.15) is 5.82 Å². The van der Waals surface area contributed by atoms with E-state index < -0.39 is 0 Å². The molecule has 0 saturated heterocycles. The van der Waals surface area contributed by atoms with Crippen molar-refractivity contribution in [2.45, 2.75) is 38.8 Å². The highest BCUT2D eigenvalue weighted by Gasteiger charge is 2.39. The first-order chi connectivity index (χ1) is 19.1. The van der Waals surface area contributed by atoms with Crippen LogP contribution in [-0.4, -0.2) is 11.0 Å². The van der Waals surface area contributed by atoms with E-state index in [1.54, 1.807) is 18.3 Å². The van der Waals surface area contributed by atoms with Gasteiger partial charge in [-0.3, -0.25) is 9.99 Å². The van der Waals surface area contributed by atoms with Gasteiger partial charge in [-0.25, -0.2) is 9.18 Å². The Hall–Kier alpha value is -4.39. The van der Waals surface area contributed by atoms with Crippen molar-refractivity contribution in [3.63, 3.8) is 0 Å². The van der Waals surface area contributed by atoms with Crippen molar-refractivity contribution in [2.24, 2.45) is 11.8 Å². The molecule has 0 radical (unpaired) electrons. The Bertz CT molecular complexity index is 1430. The summed E-state index contributed by atoms with van der Waals surface area (Å²) in [4.78, 5) is 17.2. The number of anilines is 1. The third-order valence-electron chi connectivity index (χ3n) is 7.97. The van der Waals surface area contributed by atoms with Crippen LogP contribution in [0.4, 0.5) is 14.9 Å². The lowest BCUT2D eigenvalue weighted by Crippen LogP contribution is -2.38. The average Bonchev–Trinajstić information content (AvgIpc) is 3.58. The standard InChI is InChI=1S/C32H32FN5O/c1-21-28-20-36-38(27-14-12-25(33)13-15-27)30(28)18-24-11-10-23(31(21)24)17-29(22-7-3-2-4-8-22)37-32(39)35-19-26-9-5-6-16-34-26/h2-9,12-16,18,20-21,23,29,36H,10-11,17,19H2,1H3,(H2,35,37,39)/t21-,23+,29?/m0/s1. The molecule has 39 heavy (non-hydrogen) atoms. The molecule has 1 aliphatic heterocycles. The Kier molecular flexibility index (Phi) is 6.88.